The Morgan fingerprint density at radius 1 is 1.26 bits per heavy atom. The zero-order valence-electron chi connectivity index (χ0n) is 19.7. The van der Waals surface area contributed by atoms with Gasteiger partial charge in [-0.15, -0.1) is 0 Å². The first-order valence-electron chi connectivity index (χ1n) is 10.6. The van der Waals surface area contributed by atoms with E-state index in [9.17, 15) is 24.1 Å². The molecule has 0 aliphatic heterocycles. The number of nitrogens with zero attached hydrogens (tertiary/aromatic N) is 1. The molecule has 35 heavy (non-hydrogen) atoms. The van der Waals surface area contributed by atoms with Crippen LogP contribution >= 0.6 is 19.3 Å². The highest BCUT2D eigenvalue weighted by molar-refractivity contribution is 7.52. The third-order valence-corrected chi connectivity index (χ3v) is 6.56. The number of aromatic amines is 1. The molecule has 0 fully saturated rings. The predicted octanol–water partition coefficient (Wildman–Crippen LogP) is 2.13. The van der Waals surface area contributed by atoms with Gasteiger partial charge < -0.3 is 19.1 Å². The van der Waals surface area contributed by atoms with Crippen LogP contribution in [-0.2, 0) is 23.4 Å². The van der Waals surface area contributed by atoms with E-state index in [1.54, 1.807) is 25.1 Å². The molecule has 0 aliphatic carbocycles. The summed E-state index contributed by atoms with van der Waals surface area (Å²) in [6.45, 7) is 5.50. The first-order valence-corrected chi connectivity index (χ1v) is 12.6. The zero-order valence-corrected chi connectivity index (χ0v) is 21.3. The Morgan fingerprint density at radius 2 is 1.91 bits per heavy atom. The highest BCUT2D eigenvalue weighted by atomic mass is 35.5. The van der Waals surface area contributed by atoms with E-state index in [1.807, 2.05) is 0 Å². The Morgan fingerprint density at radius 3 is 2.49 bits per heavy atom. The molecule has 1 aromatic heterocycles. The Labute approximate surface area is 206 Å². The van der Waals surface area contributed by atoms with Crippen LogP contribution in [0, 0.1) is 0 Å². The number of para-hydroxylation sites is 1. The van der Waals surface area contributed by atoms with Crippen LogP contribution in [0.3, 0.4) is 0 Å². The van der Waals surface area contributed by atoms with Gasteiger partial charge in [0, 0.05) is 12.3 Å². The summed E-state index contributed by atoms with van der Waals surface area (Å²) >= 11 is 5.83. The van der Waals surface area contributed by atoms with Crippen LogP contribution in [0.15, 0.2) is 52.2 Å². The summed E-state index contributed by atoms with van der Waals surface area (Å²) in [5, 5.41) is 12.5. The van der Waals surface area contributed by atoms with Gasteiger partial charge in [0.1, 0.15) is 23.6 Å². The zero-order chi connectivity index (χ0) is 26.2. The van der Waals surface area contributed by atoms with Crippen LogP contribution in [0.5, 0.6) is 5.75 Å². The number of esters is 1. The molecular formula is C21H29ClN3O9P. The normalized spacial score (nSPS) is 16.1. The third kappa shape index (κ3) is 8.60. The molecule has 1 aromatic carbocycles. The van der Waals surface area contributed by atoms with Crippen molar-refractivity contribution in [3.05, 3.63) is 63.4 Å². The SMILES string of the molecule is CCOC(=O)C(C)(C)NP(=O)(OC[C@@H](O[C@H](C)n1ccc(=O)[nH]c1=O)[C@@H](O)Cl)Oc1ccccc1. The minimum Gasteiger partial charge on any atom is -0.465 e. The Kier molecular flexibility index (Phi) is 10.3. The van der Waals surface area contributed by atoms with E-state index in [4.69, 9.17) is 30.1 Å². The summed E-state index contributed by atoms with van der Waals surface area (Å²) in [4.78, 5) is 37.7. The number of rotatable bonds is 13. The van der Waals surface area contributed by atoms with Crippen LogP contribution in [0.25, 0.3) is 0 Å². The van der Waals surface area contributed by atoms with Crippen LogP contribution in [-0.4, -0.2) is 51.0 Å². The van der Waals surface area contributed by atoms with Gasteiger partial charge in [0.15, 0.2) is 5.56 Å². The molecule has 0 aliphatic rings. The van der Waals surface area contributed by atoms with Gasteiger partial charge in [0.2, 0.25) is 0 Å². The Balaban J connectivity index is 2.24. The van der Waals surface area contributed by atoms with Gasteiger partial charge in [-0.3, -0.25) is 23.7 Å². The van der Waals surface area contributed by atoms with E-state index in [1.165, 1.54) is 39.1 Å². The number of aromatic nitrogens is 2. The maximum absolute atomic E-state index is 13.6. The van der Waals surface area contributed by atoms with Crippen molar-refractivity contribution >= 4 is 25.3 Å². The average Bonchev–Trinajstić information content (AvgIpc) is 2.76. The number of hydrogen-bond donors (Lipinski definition) is 3. The van der Waals surface area contributed by atoms with E-state index < -0.39 is 55.0 Å². The first-order chi connectivity index (χ1) is 16.4. The van der Waals surface area contributed by atoms with Crippen LogP contribution in [0.4, 0.5) is 0 Å². The molecule has 14 heteroatoms. The fourth-order valence-electron chi connectivity index (χ4n) is 2.79. The van der Waals surface area contributed by atoms with E-state index in [-0.39, 0.29) is 12.4 Å². The van der Waals surface area contributed by atoms with Crippen molar-refractivity contribution < 1.29 is 33.0 Å². The Hall–Kier alpha value is -2.47. The molecule has 0 radical (unpaired) electrons. The van der Waals surface area contributed by atoms with E-state index in [0.29, 0.717) is 0 Å². The molecule has 0 saturated heterocycles. The maximum Gasteiger partial charge on any atom is 0.459 e. The minimum absolute atomic E-state index is 0.102. The number of H-pyrrole nitrogens is 1. The second-order valence-electron chi connectivity index (χ2n) is 7.82. The summed E-state index contributed by atoms with van der Waals surface area (Å²) in [5.41, 5.74) is -4.46. The monoisotopic (exact) mass is 533 g/mol. The topological polar surface area (TPSA) is 158 Å². The number of carbonyl (C=O) groups excluding carboxylic acids is 1. The van der Waals surface area contributed by atoms with Crippen molar-refractivity contribution in [2.45, 2.75) is 51.1 Å². The summed E-state index contributed by atoms with van der Waals surface area (Å²) < 4.78 is 36.4. The van der Waals surface area contributed by atoms with Crippen LogP contribution in [0.2, 0.25) is 0 Å². The number of halogens is 1. The number of aliphatic hydroxyl groups is 1. The number of aliphatic hydroxyl groups excluding tert-OH is 1. The highest BCUT2D eigenvalue weighted by Gasteiger charge is 2.41. The van der Waals surface area contributed by atoms with Gasteiger partial charge in [-0.1, -0.05) is 29.8 Å². The second-order valence-corrected chi connectivity index (χ2v) is 9.93. The molecule has 2 rings (SSSR count). The first kappa shape index (κ1) is 28.8. The summed E-state index contributed by atoms with van der Waals surface area (Å²) in [6, 6.07) is 9.20. The quantitative estimate of drug-likeness (QED) is 0.198. The Bertz CT molecular complexity index is 1140. The molecule has 0 saturated carbocycles. The molecule has 194 valence electrons. The third-order valence-electron chi connectivity index (χ3n) is 4.50. The molecule has 3 N–H and O–H groups in total. The smallest absolute Gasteiger partial charge is 0.459 e. The molecule has 1 unspecified atom stereocenters. The number of carbonyl (C=O) groups is 1. The van der Waals surface area contributed by atoms with Crippen LogP contribution in [0.1, 0.15) is 33.9 Å². The van der Waals surface area contributed by atoms with E-state index in [2.05, 4.69) is 10.1 Å². The lowest BCUT2D eigenvalue weighted by Crippen LogP contribution is -2.47. The number of alkyl halides is 1. The lowest BCUT2D eigenvalue weighted by molar-refractivity contribution is -0.149. The van der Waals surface area contributed by atoms with Gasteiger partial charge >= 0.3 is 19.4 Å². The molecule has 12 nitrogen and oxygen atoms in total. The molecule has 0 amide bonds. The van der Waals surface area contributed by atoms with Gasteiger partial charge in [-0.25, -0.2) is 9.36 Å². The predicted molar refractivity (Wildman–Crippen MR) is 127 cm³/mol. The van der Waals surface area contributed by atoms with Crippen molar-refractivity contribution in [1.82, 2.24) is 14.6 Å². The summed E-state index contributed by atoms with van der Waals surface area (Å²) in [5.74, 6) is -0.517. The largest absolute Gasteiger partial charge is 0.465 e. The fourth-order valence-corrected chi connectivity index (χ4v) is 4.60. The van der Waals surface area contributed by atoms with Crippen LogP contribution < -0.4 is 20.9 Å². The second kappa shape index (κ2) is 12.5. The molecule has 0 spiro atoms. The van der Waals surface area contributed by atoms with Crippen molar-refractivity contribution in [3.63, 3.8) is 0 Å². The van der Waals surface area contributed by atoms with E-state index in [0.717, 1.165) is 10.6 Å². The van der Waals surface area contributed by atoms with Crippen molar-refractivity contribution in [2.24, 2.45) is 0 Å². The van der Waals surface area contributed by atoms with Gasteiger partial charge in [0.05, 0.1) is 13.2 Å². The number of benzene rings is 1. The average molecular weight is 534 g/mol. The summed E-state index contributed by atoms with van der Waals surface area (Å²) in [7, 11) is -4.28. The lowest BCUT2D eigenvalue weighted by atomic mass is 10.1. The van der Waals surface area contributed by atoms with Crippen molar-refractivity contribution in [1.29, 1.82) is 0 Å². The number of nitrogens with one attached hydrogen (secondary N) is 2. The van der Waals surface area contributed by atoms with Gasteiger partial charge in [-0.2, -0.15) is 5.09 Å². The van der Waals surface area contributed by atoms with Crippen molar-refractivity contribution in [2.75, 3.05) is 13.2 Å². The minimum atomic E-state index is -4.28. The van der Waals surface area contributed by atoms with Gasteiger partial charge in [-0.05, 0) is 39.8 Å². The molecular weight excluding hydrogens is 505 g/mol. The number of hydrogen-bond acceptors (Lipinski definition) is 9. The molecule has 2 aromatic rings. The van der Waals surface area contributed by atoms with E-state index >= 15 is 0 Å². The lowest BCUT2D eigenvalue weighted by Gasteiger charge is -2.30. The van der Waals surface area contributed by atoms with Gasteiger partial charge in [0.25, 0.3) is 5.56 Å². The maximum atomic E-state index is 13.6. The number of ether oxygens (including phenoxy) is 2. The summed E-state index contributed by atoms with van der Waals surface area (Å²) in [6.07, 6.45) is -1.10. The molecule has 1 heterocycles. The van der Waals surface area contributed by atoms with Crippen molar-refractivity contribution in [3.8, 4) is 5.75 Å². The standard InChI is InChI=1S/C21H29ClN3O9P/c1-5-31-19(28)21(3,4)24-35(30,34-15-9-7-6-8-10-15)32-13-16(18(22)27)33-14(2)25-12-11-17(26)23-20(25)29/h6-12,14,16,18,27H,5,13H2,1-4H3,(H,24,30)(H,23,26,29)/t14-,16-,18-,35?/m1/s1. The highest BCUT2D eigenvalue weighted by Crippen LogP contribution is 2.46. The fraction of sp³-hybridized carbons (Fsp3) is 0.476. The molecule has 4 atom stereocenters. The molecule has 0 bridgehead atoms.